The van der Waals surface area contributed by atoms with Gasteiger partial charge in [-0.25, -0.2) is 33.7 Å². The van der Waals surface area contributed by atoms with Crippen LogP contribution in [-0.2, 0) is 58.9 Å². The Morgan fingerprint density at radius 2 is 0.773 bits per heavy atom. The first kappa shape index (κ1) is 52.0. The van der Waals surface area contributed by atoms with Crippen LogP contribution in [0.15, 0.2) is 0 Å². The summed E-state index contributed by atoms with van der Waals surface area (Å²) in [6.07, 6.45) is 2.19. The Hall–Kier alpha value is -1.56. The average Bonchev–Trinajstić information content (AvgIpc) is 2.70. The average molecular weight is 738 g/mol. The number of sulfone groups is 1. The maximum atomic E-state index is 10.9. The second-order valence-electron chi connectivity index (χ2n) is 11.3. The lowest BCUT2D eigenvalue weighted by Crippen LogP contribution is -2.34. The molecular weight excluding hydrogens is 682 g/mol. The third-order valence-electron chi connectivity index (χ3n) is 4.72. The summed E-state index contributed by atoms with van der Waals surface area (Å²) in [7, 11) is -14.6. The van der Waals surface area contributed by atoms with Gasteiger partial charge >= 0.3 is 0 Å². The van der Waals surface area contributed by atoms with Gasteiger partial charge in [-0.2, -0.15) is 0 Å². The lowest BCUT2D eigenvalue weighted by Gasteiger charge is -2.08. The van der Waals surface area contributed by atoms with Gasteiger partial charge in [-0.1, -0.05) is 27.7 Å². The molecule has 15 nitrogen and oxygen atoms in total. The molecule has 3 amide bonds. The number of hydrogen-bond donors (Lipinski definition) is 3. The van der Waals surface area contributed by atoms with Crippen LogP contribution in [0.1, 0.15) is 83.1 Å². The molecule has 44 heavy (non-hydrogen) atoms. The van der Waals surface area contributed by atoms with Gasteiger partial charge in [-0.15, -0.1) is 0 Å². The number of amides is 3. The van der Waals surface area contributed by atoms with E-state index in [1.54, 1.807) is 27.7 Å². The van der Waals surface area contributed by atoms with Crippen molar-refractivity contribution in [2.45, 2.75) is 104 Å². The molecule has 0 aromatic rings. The highest BCUT2D eigenvalue weighted by molar-refractivity contribution is 7.91. The van der Waals surface area contributed by atoms with E-state index < -0.39 is 75.3 Å². The van der Waals surface area contributed by atoms with Crippen molar-refractivity contribution >= 4 is 64.8 Å². The highest BCUT2D eigenvalue weighted by Gasteiger charge is 2.17. The van der Waals surface area contributed by atoms with E-state index in [0.717, 1.165) is 6.26 Å². The van der Waals surface area contributed by atoms with Crippen LogP contribution >= 0.6 is 7.14 Å². The molecule has 0 aliphatic rings. The Morgan fingerprint density at radius 3 is 0.818 bits per heavy atom. The Balaban J connectivity index is -0.000000145. The van der Waals surface area contributed by atoms with E-state index in [1.807, 2.05) is 41.3 Å². The largest absolute Gasteiger partial charge is 0.324 e. The summed E-state index contributed by atoms with van der Waals surface area (Å²) < 4.78 is 101. The molecule has 0 aromatic carbocycles. The first-order valence-electron chi connectivity index (χ1n) is 13.2. The van der Waals surface area contributed by atoms with Crippen LogP contribution < -0.4 is 14.2 Å². The minimum Gasteiger partial charge on any atom is -0.324 e. The summed E-state index contributed by atoms with van der Waals surface area (Å²) in [6, 6.07) is 0. The molecule has 0 rings (SSSR count). The molecule has 3 N–H and O–H groups in total. The van der Waals surface area contributed by atoms with Crippen LogP contribution in [0, 0.1) is 5.92 Å². The fourth-order valence-electron chi connectivity index (χ4n) is 0.937. The van der Waals surface area contributed by atoms with Gasteiger partial charge in [0.25, 0.3) is 0 Å². The molecule has 0 spiro atoms. The first-order valence-corrected chi connectivity index (χ1v) is 22.8. The van der Waals surface area contributed by atoms with Crippen molar-refractivity contribution in [3.8, 4) is 0 Å². The summed E-state index contributed by atoms with van der Waals surface area (Å²) in [5.41, 5.74) is 0.354. The van der Waals surface area contributed by atoms with Gasteiger partial charge < -0.3 is 4.57 Å². The molecule has 0 bridgehead atoms. The third kappa shape index (κ3) is 36.6. The lowest BCUT2D eigenvalue weighted by atomic mass is 10.2. The fourth-order valence-corrected chi connectivity index (χ4v) is 2.81. The molecule has 268 valence electrons. The van der Waals surface area contributed by atoms with Crippen molar-refractivity contribution < 1.29 is 52.6 Å². The molecule has 0 saturated heterocycles. The zero-order valence-electron chi connectivity index (χ0n) is 28.9. The predicted octanol–water partition coefficient (Wildman–Crippen LogP) is 1.90. The van der Waals surface area contributed by atoms with Gasteiger partial charge in [0.1, 0.15) is 9.84 Å². The molecule has 0 fully saturated rings. The van der Waals surface area contributed by atoms with Crippen molar-refractivity contribution in [2.75, 3.05) is 25.8 Å². The van der Waals surface area contributed by atoms with Crippen LogP contribution in [0.2, 0.25) is 0 Å². The molecule has 0 radical (unpaired) electrons. The summed E-state index contributed by atoms with van der Waals surface area (Å²) in [5.74, 6) is -1.86. The van der Waals surface area contributed by atoms with Crippen molar-refractivity contribution in [2.24, 2.45) is 5.92 Å². The van der Waals surface area contributed by atoms with E-state index in [4.69, 9.17) is 0 Å². The van der Waals surface area contributed by atoms with Crippen LogP contribution in [-0.4, -0.2) is 98.6 Å². The molecule has 0 heterocycles. The Kier molecular flexibility index (Phi) is 26.1. The smallest absolute Gasteiger partial charge is 0.237 e. The number of carbonyl (C=O) groups is 3. The van der Waals surface area contributed by atoms with Crippen LogP contribution in [0.25, 0.3) is 0 Å². The minimum atomic E-state index is -3.40. The van der Waals surface area contributed by atoms with Crippen molar-refractivity contribution in [1.82, 2.24) is 14.2 Å². The van der Waals surface area contributed by atoms with Crippen molar-refractivity contribution in [3.63, 3.8) is 0 Å². The van der Waals surface area contributed by atoms with E-state index in [9.17, 15) is 52.6 Å². The standard InChI is InChI=1S/3C5H11NO3S.C5H13OP.C4H10O2S/c1-4(2)5(7)6-10(3,8)9;2*1-4(2)10(8,9)6-5(3)7;1-5(2)7(3,4)6;1-4(2)7(3,5)6/h3*4H,1-3H3,(H,6,7);5H,1-4H3;4H,1-3H3. The maximum absolute atomic E-state index is 10.9. The van der Waals surface area contributed by atoms with Crippen LogP contribution in [0.5, 0.6) is 0 Å². The van der Waals surface area contributed by atoms with E-state index in [1.165, 1.54) is 47.8 Å². The molecule has 20 heteroatoms. The number of sulfonamides is 3. The Morgan fingerprint density at radius 1 is 0.545 bits per heavy atom. The number of rotatable bonds is 8. The number of carbonyl (C=O) groups excluding carboxylic acids is 3. The van der Waals surface area contributed by atoms with E-state index in [-0.39, 0.29) is 11.2 Å². The summed E-state index contributed by atoms with van der Waals surface area (Å²) in [5, 5.41) is -1.35. The highest BCUT2D eigenvalue weighted by atomic mass is 32.2. The first-order chi connectivity index (χ1) is 18.9. The molecule has 0 atom stereocenters. The van der Waals surface area contributed by atoms with Gasteiger partial charge in [-0.3, -0.25) is 28.5 Å². The predicted molar refractivity (Wildman–Crippen MR) is 178 cm³/mol. The van der Waals surface area contributed by atoms with Crippen LogP contribution in [0.3, 0.4) is 0 Å². The number of hydrogen-bond acceptors (Lipinski definition) is 12. The molecule has 0 aromatic heterocycles. The van der Waals surface area contributed by atoms with Gasteiger partial charge in [0.15, 0.2) is 0 Å². The molecule has 0 aliphatic carbocycles. The van der Waals surface area contributed by atoms with Gasteiger partial charge in [-0.05, 0) is 54.9 Å². The molecular formula is C24H56N3O12PS4. The maximum Gasteiger partial charge on any atom is 0.237 e. The Bertz CT molecular complexity index is 1310. The summed E-state index contributed by atoms with van der Waals surface area (Å²) in [6.45, 7) is 22.5. The van der Waals surface area contributed by atoms with E-state index in [2.05, 4.69) is 0 Å². The monoisotopic (exact) mass is 737 g/mol. The second kappa shape index (κ2) is 22.0. The summed E-state index contributed by atoms with van der Waals surface area (Å²) in [4.78, 5) is 31.2. The summed E-state index contributed by atoms with van der Waals surface area (Å²) >= 11 is 0. The number of nitrogens with one attached hydrogen (secondary N) is 3. The van der Waals surface area contributed by atoms with E-state index >= 15 is 0 Å². The highest BCUT2D eigenvalue weighted by Crippen LogP contribution is 2.41. The van der Waals surface area contributed by atoms with Gasteiger partial charge in [0.05, 0.1) is 29.1 Å². The Labute approximate surface area is 266 Å². The van der Waals surface area contributed by atoms with Gasteiger partial charge in [0, 0.05) is 31.7 Å². The minimum absolute atomic E-state index is 0.229. The fraction of sp³-hybridized carbons (Fsp3) is 0.875. The lowest BCUT2D eigenvalue weighted by molar-refractivity contribution is -0.122. The van der Waals surface area contributed by atoms with Crippen molar-refractivity contribution in [3.05, 3.63) is 0 Å². The zero-order valence-corrected chi connectivity index (χ0v) is 33.0. The van der Waals surface area contributed by atoms with E-state index in [0.29, 0.717) is 5.66 Å². The topological polar surface area (TPSA) is 241 Å². The van der Waals surface area contributed by atoms with Gasteiger partial charge in [0.2, 0.25) is 47.8 Å². The SMILES string of the molecule is CC(=O)NS(=O)(=O)C(C)C.CC(=O)NS(=O)(=O)C(C)C.CC(C)C(=O)NS(C)(=O)=O.CC(C)P(C)(C)=O.CC(C)S(C)(=O)=O. The molecule has 0 aliphatic heterocycles. The quantitative estimate of drug-likeness (QED) is 0.303. The zero-order chi connectivity index (χ0) is 37.2. The normalized spacial score (nSPS) is 11.9. The second-order valence-corrected chi connectivity index (χ2v) is 24.0. The molecule has 0 saturated carbocycles. The third-order valence-corrected chi connectivity index (χ3v) is 13.1. The molecule has 0 unspecified atom stereocenters. The van der Waals surface area contributed by atoms with Crippen molar-refractivity contribution in [1.29, 1.82) is 0 Å². The van der Waals surface area contributed by atoms with Crippen LogP contribution in [0.4, 0.5) is 0 Å².